The van der Waals surface area contributed by atoms with Gasteiger partial charge in [-0.1, -0.05) is 23.8 Å². The third kappa shape index (κ3) is 2.51. The zero-order chi connectivity index (χ0) is 19.5. The highest BCUT2D eigenvalue weighted by atomic mass is 32.2. The van der Waals surface area contributed by atoms with E-state index in [1.165, 1.54) is 4.31 Å². The van der Waals surface area contributed by atoms with Crippen molar-refractivity contribution < 1.29 is 13.2 Å². The number of sulfonamides is 1. The molecule has 0 bridgehead atoms. The van der Waals surface area contributed by atoms with E-state index in [4.69, 9.17) is 0 Å². The van der Waals surface area contributed by atoms with Crippen LogP contribution >= 0.6 is 0 Å². The second-order valence-corrected chi connectivity index (χ2v) is 9.64. The summed E-state index contributed by atoms with van der Waals surface area (Å²) >= 11 is 0. The van der Waals surface area contributed by atoms with E-state index in [-0.39, 0.29) is 16.8 Å². The molecule has 5 nitrogen and oxygen atoms in total. The van der Waals surface area contributed by atoms with Gasteiger partial charge in [0.1, 0.15) is 0 Å². The van der Waals surface area contributed by atoms with Crippen LogP contribution in [0.25, 0.3) is 5.57 Å². The number of fused-ring (bicyclic) bond motifs is 2. The van der Waals surface area contributed by atoms with Crippen LogP contribution in [0.4, 0.5) is 11.4 Å². The van der Waals surface area contributed by atoms with Gasteiger partial charge in [-0.3, -0.25) is 9.10 Å². The monoisotopic (exact) mass is 394 g/mol. The van der Waals surface area contributed by atoms with Crippen molar-refractivity contribution in [3.63, 3.8) is 0 Å². The van der Waals surface area contributed by atoms with Crippen LogP contribution in [0.2, 0.25) is 0 Å². The maximum atomic E-state index is 13.5. The lowest BCUT2D eigenvalue weighted by atomic mass is 10.00. The Bertz CT molecular complexity index is 1130. The number of anilines is 2. The highest BCUT2D eigenvalue weighted by molar-refractivity contribution is 7.92. The number of benzene rings is 2. The Morgan fingerprint density at radius 3 is 2.61 bits per heavy atom. The molecule has 2 aromatic carbocycles. The van der Waals surface area contributed by atoms with Gasteiger partial charge in [-0.05, 0) is 68.9 Å². The van der Waals surface area contributed by atoms with Crippen LogP contribution < -0.4 is 9.62 Å². The molecule has 6 heteroatoms. The Hall–Kier alpha value is -2.60. The number of allylic oxidation sites excluding steroid dienone is 1. The molecule has 0 unspecified atom stereocenters. The number of amides is 1. The second kappa shape index (κ2) is 6.21. The van der Waals surface area contributed by atoms with Gasteiger partial charge in [-0.15, -0.1) is 0 Å². The maximum absolute atomic E-state index is 13.5. The molecular weight excluding hydrogens is 372 g/mol. The summed E-state index contributed by atoms with van der Waals surface area (Å²) in [6.45, 7) is 1.93. The van der Waals surface area contributed by atoms with E-state index in [1.807, 2.05) is 31.2 Å². The van der Waals surface area contributed by atoms with Crippen LogP contribution in [-0.2, 0) is 21.2 Å². The van der Waals surface area contributed by atoms with Crippen LogP contribution in [0.5, 0.6) is 0 Å². The fraction of sp³-hybridized carbons (Fsp3) is 0.318. The molecule has 2 aromatic rings. The number of hydrogen-bond donors (Lipinski definition) is 1. The van der Waals surface area contributed by atoms with Crippen LogP contribution in [0.1, 0.15) is 43.7 Å². The molecule has 1 aliphatic carbocycles. The van der Waals surface area contributed by atoms with Crippen molar-refractivity contribution in [2.75, 3.05) is 9.62 Å². The standard InChI is InChI=1S/C22H22N2O3S/c1-14-12-16-8-4-5-9-20(16)24(14)28(26,27)17-10-11-19-18(13-17)21(22(25)23-19)15-6-2-3-7-15/h4-5,8-11,13-14H,2-3,6-7,12H2,1H3,(H,23,25)/t14-/m0/s1. The van der Waals surface area contributed by atoms with Crippen molar-refractivity contribution >= 4 is 32.9 Å². The average molecular weight is 394 g/mol. The second-order valence-electron chi connectivity index (χ2n) is 7.83. The van der Waals surface area contributed by atoms with Crippen molar-refractivity contribution in [2.24, 2.45) is 0 Å². The summed E-state index contributed by atoms with van der Waals surface area (Å²) in [5.41, 5.74) is 5.05. The van der Waals surface area contributed by atoms with Gasteiger partial charge in [0.05, 0.1) is 10.6 Å². The number of hydrogen-bond acceptors (Lipinski definition) is 3. The van der Waals surface area contributed by atoms with E-state index in [1.54, 1.807) is 18.2 Å². The number of nitrogens with one attached hydrogen (secondary N) is 1. The molecule has 0 radical (unpaired) electrons. The van der Waals surface area contributed by atoms with Gasteiger partial charge in [0.15, 0.2) is 0 Å². The zero-order valence-corrected chi connectivity index (χ0v) is 16.6. The van der Waals surface area contributed by atoms with Gasteiger partial charge >= 0.3 is 0 Å². The Morgan fingerprint density at radius 1 is 1.07 bits per heavy atom. The molecule has 144 valence electrons. The quantitative estimate of drug-likeness (QED) is 0.780. The molecule has 2 heterocycles. The fourth-order valence-corrected chi connectivity index (χ4v) is 6.45. The predicted molar refractivity (Wildman–Crippen MR) is 110 cm³/mol. The van der Waals surface area contributed by atoms with Gasteiger partial charge in [-0.25, -0.2) is 8.42 Å². The summed E-state index contributed by atoms with van der Waals surface area (Å²) in [5.74, 6) is -0.110. The molecule has 1 amide bonds. The topological polar surface area (TPSA) is 66.5 Å². The number of para-hydroxylation sites is 1. The highest BCUT2D eigenvalue weighted by Gasteiger charge is 2.37. The summed E-state index contributed by atoms with van der Waals surface area (Å²) in [4.78, 5) is 12.8. The third-order valence-electron chi connectivity index (χ3n) is 6.00. The zero-order valence-electron chi connectivity index (χ0n) is 15.7. The van der Waals surface area contributed by atoms with E-state index in [9.17, 15) is 13.2 Å². The van der Waals surface area contributed by atoms with Crippen molar-refractivity contribution in [3.05, 3.63) is 59.2 Å². The number of rotatable bonds is 2. The Balaban J connectivity index is 1.62. The van der Waals surface area contributed by atoms with Crippen LogP contribution in [0.15, 0.2) is 52.9 Å². The summed E-state index contributed by atoms with van der Waals surface area (Å²) in [6.07, 6.45) is 4.70. The molecule has 1 fully saturated rings. The van der Waals surface area contributed by atoms with E-state index in [0.29, 0.717) is 17.7 Å². The first-order chi connectivity index (χ1) is 13.5. The first kappa shape index (κ1) is 17.5. The molecule has 1 saturated carbocycles. The molecule has 0 aromatic heterocycles. The predicted octanol–water partition coefficient (Wildman–Crippen LogP) is 4.11. The van der Waals surface area contributed by atoms with Crippen molar-refractivity contribution in [1.29, 1.82) is 0 Å². The third-order valence-corrected chi connectivity index (χ3v) is 7.92. The van der Waals surface area contributed by atoms with Gasteiger partial charge in [0.2, 0.25) is 0 Å². The molecule has 2 aliphatic heterocycles. The summed E-state index contributed by atoms with van der Waals surface area (Å²) in [5, 5.41) is 2.89. The minimum absolute atomic E-state index is 0.110. The molecule has 0 spiro atoms. The van der Waals surface area contributed by atoms with Crippen LogP contribution in [0.3, 0.4) is 0 Å². The molecule has 3 aliphatic rings. The highest BCUT2D eigenvalue weighted by Crippen LogP contribution is 2.42. The maximum Gasteiger partial charge on any atom is 0.264 e. The largest absolute Gasteiger partial charge is 0.321 e. The van der Waals surface area contributed by atoms with Crippen LogP contribution in [-0.4, -0.2) is 20.4 Å². The minimum atomic E-state index is -3.72. The minimum Gasteiger partial charge on any atom is -0.321 e. The van der Waals surface area contributed by atoms with Crippen molar-refractivity contribution in [2.45, 2.75) is 50.0 Å². The molecule has 0 saturated heterocycles. The number of carbonyl (C=O) groups is 1. The lowest BCUT2D eigenvalue weighted by molar-refractivity contribution is -0.110. The average Bonchev–Trinajstić information content (AvgIpc) is 3.36. The van der Waals surface area contributed by atoms with Crippen molar-refractivity contribution in [3.8, 4) is 0 Å². The lowest BCUT2D eigenvalue weighted by Gasteiger charge is -2.24. The van der Waals surface area contributed by atoms with E-state index >= 15 is 0 Å². The van der Waals surface area contributed by atoms with Crippen molar-refractivity contribution in [1.82, 2.24) is 0 Å². The number of nitrogens with zero attached hydrogens (tertiary/aromatic N) is 1. The van der Waals surface area contributed by atoms with Gasteiger partial charge in [0, 0.05) is 22.9 Å². The first-order valence-electron chi connectivity index (χ1n) is 9.77. The molecule has 1 N–H and O–H groups in total. The lowest BCUT2D eigenvalue weighted by Crippen LogP contribution is -2.35. The van der Waals surface area contributed by atoms with Gasteiger partial charge in [0.25, 0.3) is 15.9 Å². The summed E-state index contributed by atoms with van der Waals surface area (Å²) in [6, 6.07) is 12.5. The van der Waals surface area contributed by atoms with Gasteiger partial charge in [-0.2, -0.15) is 0 Å². The Morgan fingerprint density at radius 2 is 1.82 bits per heavy atom. The Labute approximate surface area is 165 Å². The van der Waals surface area contributed by atoms with E-state index < -0.39 is 10.0 Å². The van der Waals surface area contributed by atoms with Gasteiger partial charge < -0.3 is 5.32 Å². The van der Waals surface area contributed by atoms with E-state index in [0.717, 1.165) is 48.1 Å². The molecule has 1 atom stereocenters. The Kier molecular flexibility index (Phi) is 3.88. The molecule has 5 rings (SSSR count). The summed E-state index contributed by atoms with van der Waals surface area (Å²) in [7, 11) is -3.72. The summed E-state index contributed by atoms with van der Waals surface area (Å²) < 4.78 is 28.6. The number of carbonyl (C=O) groups excluding carboxylic acids is 1. The fourth-order valence-electron chi connectivity index (χ4n) is 4.73. The smallest absolute Gasteiger partial charge is 0.264 e. The SMILES string of the molecule is C[C@H]1Cc2ccccc2N1S(=O)(=O)c1ccc2c(c1)C(=C1CCCC1)C(=O)N2. The molecular formula is C22H22N2O3S. The first-order valence-corrected chi connectivity index (χ1v) is 11.2. The normalized spacial score (nSPS) is 21.1. The molecule has 28 heavy (non-hydrogen) atoms. The van der Waals surface area contributed by atoms with Crippen LogP contribution in [0, 0.1) is 0 Å². The van der Waals surface area contributed by atoms with E-state index in [2.05, 4.69) is 5.32 Å².